The Balaban J connectivity index is 1.31. The summed E-state index contributed by atoms with van der Waals surface area (Å²) in [5.74, 6) is 2.91. The zero-order valence-electron chi connectivity index (χ0n) is 19.8. The van der Waals surface area contributed by atoms with Gasteiger partial charge in [-0.05, 0) is 76.5 Å². The average molecular weight is 530 g/mol. The van der Waals surface area contributed by atoms with Gasteiger partial charge in [0.05, 0.1) is 18.1 Å². The van der Waals surface area contributed by atoms with Gasteiger partial charge in [0.25, 0.3) is 0 Å². The fourth-order valence-corrected chi connectivity index (χ4v) is 5.73. The van der Waals surface area contributed by atoms with E-state index >= 15 is 0 Å². The fourth-order valence-electron chi connectivity index (χ4n) is 5.16. The number of rotatable bonds is 6. The number of nitrogens with zero attached hydrogens (tertiary/aromatic N) is 3. The summed E-state index contributed by atoms with van der Waals surface area (Å²) >= 11 is 3.76. The third kappa shape index (κ3) is 4.36. The van der Waals surface area contributed by atoms with E-state index in [0.717, 1.165) is 82.7 Å². The van der Waals surface area contributed by atoms with Crippen LogP contribution in [0.25, 0.3) is 33.5 Å². The molecule has 2 heterocycles. The third-order valence-electron chi connectivity index (χ3n) is 7.25. The highest BCUT2D eigenvalue weighted by atomic mass is 79.9. The summed E-state index contributed by atoms with van der Waals surface area (Å²) in [4.78, 5) is 19.7. The quantitative estimate of drug-likeness (QED) is 0.290. The van der Waals surface area contributed by atoms with Crippen molar-refractivity contribution in [1.29, 1.82) is 0 Å². The van der Waals surface area contributed by atoms with Crippen molar-refractivity contribution in [2.75, 3.05) is 20.2 Å². The molecule has 178 valence electrons. The Bertz CT molecular complexity index is 1370. The molecule has 0 spiro atoms. The maximum atomic E-state index is 12.6. The van der Waals surface area contributed by atoms with Gasteiger partial charge in [-0.1, -0.05) is 42.5 Å². The van der Waals surface area contributed by atoms with E-state index in [0.29, 0.717) is 11.8 Å². The van der Waals surface area contributed by atoms with E-state index in [1.165, 1.54) is 0 Å². The molecule has 1 aromatic heterocycles. The molecule has 6 heteroatoms. The topological polar surface area (TPSA) is 47.4 Å². The molecule has 4 aromatic rings. The van der Waals surface area contributed by atoms with Crippen molar-refractivity contribution in [1.82, 2.24) is 14.5 Å². The van der Waals surface area contributed by atoms with Gasteiger partial charge in [-0.3, -0.25) is 4.79 Å². The van der Waals surface area contributed by atoms with E-state index in [2.05, 4.69) is 73.9 Å². The highest BCUT2D eigenvalue weighted by molar-refractivity contribution is 9.10. The summed E-state index contributed by atoms with van der Waals surface area (Å²) in [6, 6.07) is 22.9. The molecular weight excluding hydrogens is 502 g/mol. The lowest BCUT2D eigenvalue weighted by Gasteiger charge is -2.18. The number of ether oxygens (including phenoxy) is 1. The number of carbonyl (C=O) groups excluding carboxylic acids is 1. The van der Waals surface area contributed by atoms with Crippen molar-refractivity contribution < 1.29 is 9.53 Å². The van der Waals surface area contributed by atoms with E-state index < -0.39 is 0 Å². The second-order valence-electron chi connectivity index (χ2n) is 9.67. The summed E-state index contributed by atoms with van der Waals surface area (Å²) in [5, 5.41) is 0. The third-order valence-corrected chi connectivity index (χ3v) is 7.89. The minimum Gasteiger partial charge on any atom is -0.497 e. The molecule has 1 saturated heterocycles. The summed E-state index contributed by atoms with van der Waals surface area (Å²) in [6.45, 7) is 2.57. The van der Waals surface area contributed by atoms with Gasteiger partial charge >= 0.3 is 0 Å². The van der Waals surface area contributed by atoms with Crippen LogP contribution in [0, 0.1) is 11.8 Å². The van der Waals surface area contributed by atoms with Crippen LogP contribution in [0.1, 0.15) is 19.3 Å². The first-order valence-corrected chi connectivity index (χ1v) is 13.1. The first kappa shape index (κ1) is 22.4. The molecule has 2 fully saturated rings. The zero-order chi connectivity index (χ0) is 23.9. The Morgan fingerprint density at radius 3 is 2.34 bits per heavy atom. The smallest absolute Gasteiger partial charge is 0.225 e. The lowest BCUT2D eigenvalue weighted by atomic mass is 10.0. The van der Waals surface area contributed by atoms with E-state index in [1.807, 2.05) is 18.2 Å². The number of likely N-dealkylation sites (tertiary alicyclic amines) is 1. The second-order valence-corrected chi connectivity index (χ2v) is 10.5. The first-order valence-electron chi connectivity index (χ1n) is 12.3. The summed E-state index contributed by atoms with van der Waals surface area (Å²) in [5.41, 5.74) is 5.51. The van der Waals surface area contributed by atoms with Crippen molar-refractivity contribution in [3.8, 4) is 28.3 Å². The van der Waals surface area contributed by atoms with Crippen molar-refractivity contribution in [3.63, 3.8) is 0 Å². The Morgan fingerprint density at radius 1 is 0.971 bits per heavy atom. The number of halogens is 1. The molecule has 5 nitrogen and oxygen atoms in total. The summed E-state index contributed by atoms with van der Waals surface area (Å²) in [7, 11) is 1.68. The number of imidazole rings is 1. The first-order chi connectivity index (χ1) is 17.1. The van der Waals surface area contributed by atoms with Crippen LogP contribution in [0.5, 0.6) is 5.75 Å². The van der Waals surface area contributed by atoms with Gasteiger partial charge in [0.2, 0.25) is 5.91 Å². The molecule has 1 amide bonds. The predicted molar refractivity (Wildman–Crippen MR) is 142 cm³/mol. The van der Waals surface area contributed by atoms with Gasteiger partial charge in [0, 0.05) is 35.6 Å². The van der Waals surface area contributed by atoms with Crippen molar-refractivity contribution in [2.24, 2.45) is 11.8 Å². The number of para-hydroxylation sites is 1. The number of benzene rings is 3. The predicted octanol–water partition coefficient (Wildman–Crippen LogP) is 6.40. The highest BCUT2D eigenvalue weighted by Crippen LogP contribution is 2.35. The van der Waals surface area contributed by atoms with Gasteiger partial charge in [-0.25, -0.2) is 4.98 Å². The van der Waals surface area contributed by atoms with Gasteiger partial charge in [0.1, 0.15) is 11.6 Å². The van der Waals surface area contributed by atoms with Crippen LogP contribution >= 0.6 is 15.9 Å². The summed E-state index contributed by atoms with van der Waals surface area (Å²) < 4.78 is 8.68. The van der Waals surface area contributed by atoms with Gasteiger partial charge in [-0.15, -0.1) is 0 Å². The molecule has 0 N–H and O–H groups in total. The molecular formula is C29H28BrN3O2. The number of carbonyl (C=O) groups is 1. The van der Waals surface area contributed by atoms with E-state index in [1.54, 1.807) is 7.11 Å². The van der Waals surface area contributed by atoms with Crippen molar-refractivity contribution in [3.05, 3.63) is 71.2 Å². The molecule has 1 unspecified atom stereocenters. The lowest BCUT2D eigenvalue weighted by molar-refractivity contribution is -0.131. The van der Waals surface area contributed by atoms with Crippen LogP contribution < -0.4 is 4.74 Å². The van der Waals surface area contributed by atoms with E-state index in [4.69, 9.17) is 9.72 Å². The van der Waals surface area contributed by atoms with Crippen molar-refractivity contribution >= 4 is 32.9 Å². The Morgan fingerprint density at radius 2 is 1.66 bits per heavy atom. The monoisotopic (exact) mass is 529 g/mol. The Kier molecular flexibility index (Phi) is 5.85. The molecule has 0 radical (unpaired) electrons. The minimum absolute atomic E-state index is 0.289. The number of fused-ring (bicyclic) bond motifs is 1. The number of aromatic nitrogens is 2. The molecule has 1 aliphatic heterocycles. The van der Waals surface area contributed by atoms with Crippen LogP contribution in [-0.2, 0) is 11.3 Å². The molecule has 35 heavy (non-hydrogen) atoms. The lowest BCUT2D eigenvalue weighted by Crippen LogP contribution is -2.30. The number of methoxy groups -OCH3 is 1. The number of amides is 1. The maximum absolute atomic E-state index is 12.6. The van der Waals surface area contributed by atoms with Gasteiger partial charge in [-0.2, -0.15) is 0 Å². The molecule has 6 rings (SSSR count). The van der Waals surface area contributed by atoms with Crippen LogP contribution in [0.2, 0.25) is 0 Å². The molecule has 1 saturated carbocycles. The standard InChI is InChI=1S/C29H28BrN3O2/c1-35-24-13-11-21(12-14-24)20-5-7-22(8-6-20)28-31-26-4-2-3-25(30)27(26)33(28)18-19-15-16-32(17-19)29(34)23-9-10-23/h2-8,11-14,19,23H,9-10,15-18H2,1H3. The van der Waals surface area contributed by atoms with Crippen LogP contribution in [0.15, 0.2) is 71.2 Å². The SMILES string of the molecule is COc1ccc(-c2ccc(-c3nc4cccc(Br)c4n3CC3CCN(C(=O)C4CC4)C3)cc2)cc1. The normalized spacial score (nSPS) is 17.8. The second kappa shape index (κ2) is 9.15. The molecule has 1 aliphatic carbocycles. The Hall–Kier alpha value is -3.12. The van der Waals surface area contributed by atoms with Gasteiger partial charge < -0.3 is 14.2 Å². The largest absolute Gasteiger partial charge is 0.497 e. The average Bonchev–Trinajstić information content (AvgIpc) is 3.53. The molecule has 0 bridgehead atoms. The molecule has 1 atom stereocenters. The van der Waals surface area contributed by atoms with Gasteiger partial charge in [0.15, 0.2) is 0 Å². The minimum atomic E-state index is 0.289. The fraction of sp³-hybridized carbons (Fsp3) is 0.310. The molecule has 3 aromatic carbocycles. The number of hydrogen-bond acceptors (Lipinski definition) is 3. The van der Waals surface area contributed by atoms with E-state index in [-0.39, 0.29) is 5.92 Å². The summed E-state index contributed by atoms with van der Waals surface area (Å²) in [6.07, 6.45) is 3.17. The maximum Gasteiger partial charge on any atom is 0.225 e. The molecule has 2 aliphatic rings. The van der Waals surface area contributed by atoms with Crippen LogP contribution in [0.4, 0.5) is 0 Å². The zero-order valence-corrected chi connectivity index (χ0v) is 21.4. The van der Waals surface area contributed by atoms with E-state index in [9.17, 15) is 4.79 Å². The van der Waals surface area contributed by atoms with Crippen LogP contribution in [0.3, 0.4) is 0 Å². The highest BCUT2D eigenvalue weighted by Gasteiger charge is 2.36. The van der Waals surface area contributed by atoms with Crippen LogP contribution in [-0.4, -0.2) is 40.6 Å². The number of hydrogen-bond donors (Lipinski definition) is 0. The Labute approximate surface area is 213 Å². The van der Waals surface area contributed by atoms with Crippen molar-refractivity contribution in [2.45, 2.75) is 25.8 Å².